The predicted octanol–water partition coefficient (Wildman–Crippen LogP) is 4.51. The van der Waals surface area contributed by atoms with E-state index in [1.165, 1.54) is 18.0 Å². The molecule has 0 saturated heterocycles. The molecule has 2 N–H and O–H groups in total. The number of nitrogens with zero attached hydrogens (tertiary/aromatic N) is 2. The van der Waals surface area contributed by atoms with E-state index in [9.17, 15) is 10.1 Å². The van der Waals surface area contributed by atoms with Crippen molar-refractivity contribution in [1.82, 2.24) is 5.43 Å². The van der Waals surface area contributed by atoms with Gasteiger partial charge in [0.2, 0.25) is 0 Å². The summed E-state index contributed by atoms with van der Waals surface area (Å²) >= 11 is 1.28. The molecule has 150 valence electrons. The molecule has 30 heavy (non-hydrogen) atoms. The fourth-order valence-electron chi connectivity index (χ4n) is 2.87. The van der Waals surface area contributed by atoms with Crippen molar-refractivity contribution in [3.05, 3.63) is 82.9 Å². The van der Waals surface area contributed by atoms with Crippen LogP contribution in [0.5, 0.6) is 5.75 Å². The summed E-state index contributed by atoms with van der Waals surface area (Å²) in [5.74, 6) is 0.0408. The highest BCUT2D eigenvalue weighted by molar-refractivity contribution is 8.02. The number of nitriles is 1. The van der Waals surface area contributed by atoms with E-state index in [0.29, 0.717) is 10.8 Å². The van der Waals surface area contributed by atoms with Gasteiger partial charge in [0, 0.05) is 11.3 Å². The minimum Gasteiger partial charge on any atom is -0.496 e. The van der Waals surface area contributed by atoms with Crippen LogP contribution in [0.15, 0.2) is 82.4 Å². The number of thioether (sulfide) groups is 1. The molecule has 3 aromatic rings. The molecule has 0 fully saturated rings. The molecule has 0 aliphatic rings. The highest BCUT2D eigenvalue weighted by Crippen LogP contribution is 2.26. The molecule has 7 heteroatoms. The summed E-state index contributed by atoms with van der Waals surface area (Å²) in [5.41, 5.74) is 3.92. The highest BCUT2D eigenvalue weighted by Gasteiger charge is 2.15. The second-order valence-corrected chi connectivity index (χ2v) is 6.93. The van der Waals surface area contributed by atoms with E-state index in [2.05, 4.69) is 15.8 Å². The van der Waals surface area contributed by atoms with E-state index >= 15 is 0 Å². The zero-order chi connectivity index (χ0) is 21.3. The van der Waals surface area contributed by atoms with Crippen LogP contribution in [0, 0.1) is 11.3 Å². The van der Waals surface area contributed by atoms with E-state index in [0.717, 1.165) is 22.0 Å². The average molecular weight is 417 g/mol. The molecule has 0 radical (unpaired) electrons. The van der Waals surface area contributed by atoms with Gasteiger partial charge in [-0.1, -0.05) is 48.5 Å². The summed E-state index contributed by atoms with van der Waals surface area (Å²) in [6.07, 6.45) is 3.32. The summed E-state index contributed by atoms with van der Waals surface area (Å²) in [4.78, 5) is 12.6. The zero-order valence-electron chi connectivity index (χ0n) is 16.5. The number of rotatable bonds is 7. The largest absolute Gasteiger partial charge is 0.496 e. The first-order valence-electron chi connectivity index (χ1n) is 9.07. The number of carbonyl (C=O) groups is 1. The molecule has 0 aliphatic heterocycles. The third-order valence-electron chi connectivity index (χ3n) is 4.31. The molecule has 0 unspecified atom stereocenters. The number of hydrogen-bond acceptors (Lipinski definition) is 6. The van der Waals surface area contributed by atoms with Crippen LogP contribution in [0.2, 0.25) is 0 Å². The van der Waals surface area contributed by atoms with Gasteiger partial charge in [-0.05, 0) is 35.2 Å². The first kappa shape index (κ1) is 21.0. The number of hydrogen-bond donors (Lipinski definition) is 2. The Morgan fingerprint density at radius 1 is 1.10 bits per heavy atom. The second-order valence-electron chi connectivity index (χ2n) is 6.11. The highest BCUT2D eigenvalue weighted by atomic mass is 32.2. The molecule has 0 bridgehead atoms. The summed E-state index contributed by atoms with van der Waals surface area (Å²) in [7, 11) is 1.58. The summed E-state index contributed by atoms with van der Waals surface area (Å²) in [6.45, 7) is 0. The fraction of sp³-hybridized carbons (Fsp3) is 0.0870. The third kappa shape index (κ3) is 4.80. The number of carbonyl (C=O) groups excluding carboxylic acids is 1. The van der Waals surface area contributed by atoms with Crippen LogP contribution in [0.1, 0.15) is 5.56 Å². The van der Waals surface area contributed by atoms with Gasteiger partial charge >= 0.3 is 0 Å². The number of methoxy groups -OCH3 is 1. The predicted molar refractivity (Wildman–Crippen MR) is 122 cm³/mol. The van der Waals surface area contributed by atoms with E-state index in [1.807, 2.05) is 72.8 Å². The fourth-order valence-corrected chi connectivity index (χ4v) is 3.43. The Labute approximate surface area is 179 Å². The average Bonchev–Trinajstić information content (AvgIpc) is 2.79. The first-order valence-corrected chi connectivity index (χ1v) is 10.3. The Kier molecular flexibility index (Phi) is 7.09. The Bertz CT molecular complexity index is 1150. The molecule has 0 spiro atoms. The molecule has 0 heterocycles. The number of nitrogens with one attached hydrogen (secondary N) is 2. The number of anilines is 1. The molecule has 0 atom stereocenters. The van der Waals surface area contributed by atoms with E-state index in [1.54, 1.807) is 13.4 Å². The van der Waals surface area contributed by atoms with Crippen LogP contribution in [0.4, 0.5) is 5.69 Å². The van der Waals surface area contributed by atoms with Crippen LogP contribution < -0.4 is 15.5 Å². The maximum absolute atomic E-state index is 12.6. The van der Waals surface area contributed by atoms with Crippen molar-refractivity contribution in [2.24, 2.45) is 5.10 Å². The van der Waals surface area contributed by atoms with Crippen molar-refractivity contribution in [2.45, 2.75) is 0 Å². The molecular weight excluding hydrogens is 396 g/mol. The van der Waals surface area contributed by atoms with Crippen molar-refractivity contribution in [3.8, 4) is 11.8 Å². The van der Waals surface area contributed by atoms with Gasteiger partial charge in [-0.25, -0.2) is 5.43 Å². The summed E-state index contributed by atoms with van der Waals surface area (Å²) in [6, 6.07) is 22.9. The topological polar surface area (TPSA) is 86.5 Å². The molecule has 6 nitrogen and oxygen atoms in total. The smallest absolute Gasteiger partial charge is 0.284 e. The van der Waals surface area contributed by atoms with Gasteiger partial charge in [-0.3, -0.25) is 4.79 Å². The van der Waals surface area contributed by atoms with Crippen molar-refractivity contribution in [2.75, 3.05) is 18.7 Å². The van der Waals surface area contributed by atoms with Crippen LogP contribution in [-0.4, -0.2) is 25.5 Å². The van der Waals surface area contributed by atoms with Crippen LogP contribution in [0.25, 0.3) is 10.8 Å². The number of benzene rings is 3. The van der Waals surface area contributed by atoms with E-state index in [4.69, 9.17) is 4.74 Å². The Balaban J connectivity index is 1.84. The Hall–Kier alpha value is -3.76. The molecule has 3 rings (SSSR count). The van der Waals surface area contributed by atoms with Gasteiger partial charge in [0.05, 0.1) is 18.4 Å². The minimum absolute atomic E-state index is 0.0478. The van der Waals surface area contributed by atoms with Gasteiger partial charge in [0.25, 0.3) is 5.91 Å². The normalized spacial score (nSPS) is 11.6. The van der Waals surface area contributed by atoms with E-state index < -0.39 is 5.91 Å². The Morgan fingerprint density at radius 2 is 1.83 bits per heavy atom. The molecule has 0 aromatic heterocycles. The SMILES string of the molecule is COc1ccc2ccccc2c1/C=N/NC(=O)/C(C#N)=C(\Nc1ccccc1)SC. The maximum atomic E-state index is 12.6. The number of fused-ring (bicyclic) bond motifs is 1. The quantitative estimate of drug-likeness (QED) is 0.256. The molecule has 0 saturated carbocycles. The molecular formula is C23H20N4O2S. The summed E-state index contributed by atoms with van der Waals surface area (Å²) < 4.78 is 5.42. The summed E-state index contributed by atoms with van der Waals surface area (Å²) in [5, 5.41) is 19.1. The number of amides is 1. The van der Waals surface area contributed by atoms with Crippen molar-refractivity contribution in [1.29, 1.82) is 5.26 Å². The van der Waals surface area contributed by atoms with E-state index in [-0.39, 0.29) is 5.57 Å². The van der Waals surface area contributed by atoms with Crippen LogP contribution >= 0.6 is 11.8 Å². The monoisotopic (exact) mass is 416 g/mol. The van der Waals surface area contributed by atoms with Crippen molar-refractivity contribution in [3.63, 3.8) is 0 Å². The zero-order valence-corrected chi connectivity index (χ0v) is 17.4. The number of ether oxygens (including phenoxy) is 1. The lowest BCUT2D eigenvalue weighted by Gasteiger charge is -2.10. The van der Waals surface area contributed by atoms with Gasteiger partial charge in [-0.15, -0.1) is 11.8 Å². The van der Waals surface area contributed by atoms with Gasteiger partial charge in [-0.2, -0.15) is 10.4 Å². The lowest BCUT2D eigenvalue weighted by Crippen LogP contribution is -2.21. The molecule has 0 aliphatic carbocycles. The number of para-hydroxylation sites is 1. The van der Waals surface area contributed by atoms with Crippen LogP contribution in [0.3, 0.4) is 0 Å². The Morgan fingerprint density at radius 3 is 2.53 bits per heavy atom. The second kappa shape index (κ2) is 10.1. The van der Waals surface area contributed by atoms with Crippen LogP contribution in [-0.2, 0) is 4.79 Å². The molecule has 1 amide bonds. The maximum Gasteiger partial charge on any atom is 0.284 e. The lowest BCUT2D eigenvalue weighted by atomic mass is 10.0. The van der Waals surface area contributed by atoms with Crippen molar-refractivity contribution >= 4 is 40.3 Å². The lowest BCUT2D eigenvalue weighted by molar-refractivity contribution is -0.117. The van der Waals surface area contributed by atoms with Gasteiger partial charge in [0.15, 0.2) is 0 Å². The van der Waals surface area contributed by atoms with Gasteiger partial charge in [0.1, 0.15) is 17.4 Å². The van der Waals surface area contributed by atoms with Crippen molar-refractivity contribution < 1.29 is 9.53 Å². The standard InChI is InChI=1S/C23H20N4O2S/c1-29-21-13-12-16-8-6-7-11-18(16)20(21)15-25-27-22(28)19(14-24)23(30-2)26-17-9-4-3-5-10-17/h3-13,15,26H,1-2H3,(H,27,28)/b23-19+,25-15+. The third-order valence-corrected chi connectivity index (χ3v) is 5.03. The molecule has 3 aromatic carbocycles. The first-order chi connectivity index (χ1) is 14.7. The van der Waals surface area contributed by atoms with Gasteiger partial charge < -0.3 is 10.1 Å². The number of hydrazone groups is 1. The minimum atomic E-state index is -0.597.